The minimum absolute atomic E-state index is 0.0241. The highest BCUT2D eigenvalue weighted by atomic mass is 35.5. The van der Waals surface area contributed by atoms with Crippen molar-refractivity contribution < 1.29 is 14.8 Å². The fourth-order valence-electron chi connectivity index (χ4n) is 1.46. The van der Waals surface area contributed by atoms with Gasteiger partial charge >= 0.3 is 0 Å². The summed E-state index contributed by atoms with van der Waals surface area (Å²) in [6, 6.07) is 1.17. The second kappa shape index (κ2) is 7.65. The number of halogens is 1. The monoisotopic (exact) mass is 287 g/mol. The third-order valence-corrected chi connectivity index (χ3v) is 2.62. The van der Waals surface area contributed by atoms with Gasteiger partial charge in [-0.25, -0.2) is 4.98 Å². The smallest absolute Gasteiger partial charge is 0.300 e. The summed E-state index contributed by atoms with van der Waals surface area (Å²) in [5, 5.41) is 22.0. The number of pyridine rings is 1. The Balaban J connectivity index is 2.65. The van der Waals surface area contributed by atoms with Gasteiger partial charge in [0.2, 0.25) is 0 Å². The molecule has 7 nitrogen and oxygen atoms in total. The van der Waals surface area contributed by atoms with Crippen LogP contribution in [-0.2, 0) is 0 Å². The van der Waals surface area contributed by atoms with Crippen molar-refractivity contribution in [3.63, 3.8) is 0 Å². The van der Waals surface area contributed by atoms with E-state index in [-0.39, 0.29) is 23.0 Å². The molecule has 1 amide bonds. The topological polar surface area (TPSA) is 105 Å². The summed E-state index contributed by atoms with van der Waals surface area (Å²) in [5.74, 6) is -0.556. The second-order valence-electron chi connectivity index (χ2n) is 3.82. The number of carbonyl (C=O) groups excluding carboxylic acids is 1. The minimum Gasteiger partial charge on any atom is -0.396 e. The van der Waals surface area contributed by atoms with Crippen LogP contribution in [0.2, 0.25) is 5.15 Å². The highest BCUT2D eigenvalue weighted by Crippen LogP contribution is 2.20. The molecular formula is C11H14ClN3O4. The molecule has 0 aliphatic heterocycles. The van der Waals surface area contributed by atoms with E-state index in [1.165, 1.54) is 6.07 Å². The predicted octanol–water partition coefficient (Wildman–Crippen LogP) is 1.54. The molecule has 0 bridgehead atoms. The normalized spacial score (nSPS) is 10.2. The molecule has 0 fully saturated rings. The maximum atomic E-state index is 11.8. The zero-order chi connectivity index (χ0) is 14.3. The van der Waals surface area contributed by atoms with Gasteiger partial charge in [-0.2, -0.15) is 0 Å². The quantitative estimate of drug-likeness (QED) is 0.342. The number of aliphatic hydroxyl groups excluding tert-OH is 1. The van der Waals surface area contributed by atoms with Crippen molar-refractivity contribution in [2.24, 2.45) is 0 Å². The lowest BCUT2D eigenvalue weighted by molar-refractivity contribution is -0.385. The molecule has 8 heteroatoms. The Bertz CT molecular complexity index is 467. The van der Waals surface area contributed by atoms with Crippen molar-refractivity contribution >= 4 is 23.2 Å². The highest BCUT2D eigenvalue weighted by molar-refractivity contribution is 6.29. The Kier molecular flexibility index (Phi) is 6.17. The number of nitro groups is 1. The Morgan fingerprint density at radius 2 is 2.21 bits per heavy atom. The molecule has 104 valence electrons. The van der Waals surface area contributed by atoms with Gasteiger partial charge in [0.15, 0.2) is 0 Å². The molecule has 0 aliphatic rings. The van der Waals surface area contributed by atoms with E-state index in [1.807, 2.05) is 0 Å². The van der Waals surface area contributed by atoms with Gasteiger partial charge in [0.1, 0.15) is 16.9 Å². The van der Waals surface area contributed by atoms with E-state index >= 15 is 0 Å². The summed E-state index contributed by atoms with van der Waals surface area (Å²) in [7, 11) is 0. The molecule has 0 unspecified atom stereocenters. The molecule has 0 saturated heterocycles. The summed E-state index contributed by atoms with van der Waals surface area (Å²) >= 11 is 5.63. The molecule has 1 aromatic heterocycles. The largest absolute Gasteiger partial charge is 0.396 e. The van der Waals surface area contributed by atoms with Crippen LogP contribution in [0.25, 0.3) is 0 Å². The number of hydrogen-bond donors (Lipinski definition) is 2. The van der Waals surface area contributed by atoms with E-state index < -0.39 is 10.8 Å². The van der Waals surface area contributed by atoms with Crippen LogP contribution in [-0.4, -0.2) is 34.1 Å². The van der Waals surface area contributed by atoms with Crippen molar-refractivity contribution in [3.05, 3.63) is 33.1 Å². The van der Waals surface area contributed by atoms with Crippen LogP contribution in [0.5, 0.6) is 0 Å². The van der Waals surface area contributed by atoms with Crippen LogP contribution in [0.3, 0.4) is 0 Å². The molecule has 0 aromatic carbocycles. The Labute approximate surface area is 114 Å². The number of aliphatic hydroxyl groups is 1. The van der Waals surface area contributed by atoms with Gasteiger partial charge in [-0.15, -0.1) is 0 Å². The Morgan fingerprint density at radius 3 is 2.84 bits per heavy atom. The number of nitrogens with one attached hydrogen (secondary N) is 1. The van der Waals surface area contributed by atoms with E-state index in [9.17, 15) is 14.9 Å². The number of unbranched alkanes of at least 4 members (excludes halogenated alkanes) is 2. The van der Waals surface area contributed by atoms with Crippen LogP contribution in [0.1, 0.15) is 29.6 Å². The highest BCUT2D eigenvalue weighted by Gasteiger charge is 2.20. The number of amides is 1. The molecule has 0 aliphatic carbocycles. The molecule has 1 rings (SSSR count). The molecule has 2 N–H and O–H groups in total. The van der Waals surface area contributed by atoms with Crippen molar-refractivity contribution in [2.45, 2.75) is 19.3 Å². The number of aromatic nitrogens is 1. The van der Waals surface area contributed by atoms with Crippen LogP contribution < -0.4 is 5.32 Å². The first kappa shape index (κ1) is 15.3. The van der Waals surface area contributed by atoms with Gasteiger partial charge in [-0.05, 0) is 25.3 Å². The van der Waals surface area contributed by atoms with Crippen molar-refractivity contribution in [1.82, 2.24) is 10.3 Å². The predicted molar refractivity (Wildman–Crippen MR) is 69.2 cm³/mol. The zero-order valence-electron chi connectivity index (χ0n) is 10.1. The number of nitrogens with zero attached hydrogens (tertiary/aromatic N) is 2. The third kappa shape index (κ3) is 4.80. The first-order valence-corrected chi connectivity index (χ1v) is 6.13. The Morgan fingerprint density at radius 1 is 1.47 bits per heavy atom. The molecule has 1 heterocycles. The van der Waals surface area contributed by atoms with E-state index in [4.69, 9.17) is 16.7 Å². The number of carbonyl (C=O) groups is 1. The van der Waals surface area contributed by atoms with Gasteiger partial charge in [0.25, 0.3) is 11.6 Å². The Hall–Kier alpha value is -1.73. The first-order valence-electron chi connectivity index (χ1n) is 5.75. The zero-order valence-corrected chi connectivity index (χ0v) is 10.9. The van der Waals surface area contributed by atoms with Crippen LogP contribution in [0.15, 0.2) is 12.3 Å². The van der Waals surface area contributed by atoms with Crippen molar-refractivity contribution in [1.29, 1.82) is 0 Å². The van der Waals surface area contributed by atoms with E-state index in [0.29, 0.717) is 19.4 Å². The lowest BCUT2D eigenvalue weighted by Gasteiger charge is -2.05. The van der Waals surface area contributed by atoms with Gasteiger partial charge in [-0.3, -0.25) is 14.9 Å². The maximum absolute atomic E-state index is 11.8. The molecule has 0 atom stereocenters. The average molecular weight is 288 g/mol. The lowest BCUT2D eigenvalue weighted by Crippen LogP contribution is -2.25. The standard InChI is InChI=1S/C11H14ClN3O4/c12-10-6-8(9(7-14-10)15(18)19)11(17)13-4-2-1-3-5-16/h6-7,16H,1-5H2,(H,13,17). The lowest BCUT2D eigenvalue weighted by atomic mass is 10.2. The van der Waals surface area contributed by atoms with Crippen LogP contribution in [0, 0.1) is 10.1 Å². The van der Waals surface area contributed by atoms with E-state index in [2.05, 4.69) is 10.3 Å². The number of rotatable bonds is 7. The van der Waals surface area contributed by atoms with Crippen molar-refractivity contribution in [2.75, 3.05) is 13.2 Å². The molecule has 1 aromatic rings. The van der Waals surface area contributed by atoms with E-state index in [0.717, 1.165) is 12.6 Å². The maximum Gasteiger partial charge on any atom is 0.300 e. The number of hydrogen-bond acceptors (Lipinski definition) is 5. The molecule has 0 saturated carbocycles. The van der Waals surface area contributed by atoms with Crippen molar-refractivity contribution in [3.8, 4) is 0 Å². The van der Waals surface area contributed by atoms with Gasteiger partial charge < -0.3 is 10.4 Å². The second-order valence-corrected chi connectivity index (χ2v) is 4.21. The van der Waals surface area contributed by atoms with Crippen LogP contribution in [0.4, 0.5) is 5.69 Å². The fraction of sp³-hybridized carbons (Fsp3) is 0.455. The summed E-state index contributed by atoms with van der Waals surface area (Å²) in [6.45, 7) is 0.495. The summed E-state index contributed by atoms with van der Waals surface area (Å²) in [6.07, 6.45) is 3.09. The SMILES string of the molecule is O=C(NCCCCCO)c1cc(Cl)ncc1[N+](=O)[O-]. The fourth-order valence-corrected chi connectivity index (χ4v) is 1.62. The van der Waals surface area contributed by atoms with Gasteiger partial charge in [-0.1, -0.05) is 11.6 Å². The molecule has 19 heavy (non-hydrogen) atoms. The van der Waals surface area contributed by atoms with Crippen LogP contribution >= 0.6 is 11.6 Å². The van der Waals surface area contributed by atoms with E-state index in [1.54, 1.807) is 0 Å². The average Bonchev–Trinajstić information content (AvgIpc) is 2.37. The summed E-state index contributed by atoms with van der Waals surface area (Å²) < 4.78 is 0. The summed E-state index contributed by atoms with van der Waals surface area (Å²) in [5.41, 5.74) is -0.482. The van der Waals surface area contributed by atoms with Gasteiger partial charge in [0, 0.05) is 13.2 Å². The van der Waals surface area contributed by atoms with Gasteiger partial charge in [0.05, 0.1) is 4.92 Å². The molecule has 0 spiro atoms. The summed E-state index contributed by atoms with van der Waals surface area (Å²) in [4.78, 5) is 25.5. The minimum atomic E-state index is -0.677. The molecular weight excluding hydrogens is 274 g/mol. The molecule has 0 radical (unpaired) electrons. The third-order valence-electron chi connectivity index (χ3n) is 2.41. The first-order chi connectivity index (χ1) is 9.06.